The summed E-state index contributed by atoms with van der Waals surface area (Å²) in [5.41, 5.74) is 8.98. The van der Waals surface area contributed by atoms with Gasteiger partial charge in [0.25, 0.3) is 5.91 Å². The summed E-state index contributed by atoms with van der Waals surface area (Å²) in [6, 6.07) is 5.69. The molecule has 2 heterocycles. The predicted octanol–water partition coefficient (Wildman–Crippen LogP) is 1.80. The van der Waals surface area contributed by atoms with Gasteiger partial charge in [-0.1, -0.05) is 6.07 Å². The largest absolute Gasteiger partial charge is 0.382 e. The molecule has 7 heteroatoms. The number of carbonyl (C=O) groups excluding carboxylic acids is 1. The molecule has 1 aromatic carbocycles. The number of amides is 1. The van der Waals surface area contributed by atoms with Crippen LogP contribution in [0.4, 0.5) is 11.5 Å². The van der Waals surface area contributed by atoms with Crippen LogP contribution >= 0.6 is 0 Å². The van der Waals surface area contributed by atoms with E-state index in [0.717, 1.165) is 36.6 Å². The number of nitrogens with zero attached hydrogens (tertiary/aromatic N) is 3. The molecule has 1 aliphatic rings. The Bertz CT molecular complexity index is 740. The van der Waals surface area contributed by atoms with Gasteiger partial charge in [0.1, 0.15) is 5.82 Å². The van der Waals surface area contributed by atoms with Crippen molar-refractivity contribution < 1.29 is 4.79 Å². The second-order valence-corrected chi connectivity index (χ2v) is 6.62. The van der Waals surface area contributed by atoms with Crippen molar-refractivity contribution in [3.05, 3.63) is 47.4 Å². The number of aryl methyl sites for hydroxylation is 1. The molecule has 3 rings (SSSR count). The van der Waals surface area contributed by atoms with Crippen LogP contribution in [0.15, 0.2) is 30.6 Å². The van der Waals surface area contributed by atoms with E-state index in [4.69, 9.17) is 5.73 Å². The minimum absolute atomic E-state index is 0.0421. The fourth-order valence-corrected chi connectivity index (χ4v) is 3.03. The third-order valence-corrected chi connectivity index (χ3v) is 4.60. The summed E-state index contributed by atoms with van der Waals surface area (Å²) >= 11 is 0. The van der Waals surface area contributed by atoms with Crippen LogP contribution in [-0.4, -0.2) is 47.0 Å². The fourth-order valence-electron chi connectivity index (χ4n) is 3.03. The van der Waals surface area contributed by atoms with E-state index in [-0.39, 0.29) is 5.91 Å². The number of nitrogens with two attached hydrogens (primary N) is 1. The van der Waals surface area contributed by atoms with Crippen LogP contribution in [0.1, 0.15) is 34.5 Å². The first-order valence-electron chi connectivity index (χ1n) is 9.03. The lowest BCUT2D eigenvalue weighted by Gasteiger charge is -2.15. The van der Waals surface area contributed by atoms with E-state index in [9.17, 15) is 4.79 Å². The Morgan fingerprint density at radius 2 is 2.04 bits per heavy atom. The maximum absolute atomic E-state index is 12.4. The molecule has 2 aromatic rings. The number of nitrogen functional groups attached to an aromatic ring is 1. The van der Waals surface area contributed by atoms with Crippen molar-refractivity contribution in [2.75, 3.05) is 37.2 Å². The van der Waals surface area contributed by atoms with Crippen LogP contribution in [0.25, 0.3) is 0 Å². The van der Waals surface area contributed by atoms with Gasteiger partial charge < -0.3 is 21.3 Å². The molecule has 1 aliphatic heterocycles. The molecule has 0 unspecified atom stereocenters. The van der Waals surface area contributed by atoms with E-state index in [1.807, 2.05) is 25.1 Å². The Kier molecular flexibility index (Phi) is 6.01. The van der Waals surface area contributed by atoms with Gasteiger partial charge in [0, 0.05) is 24.3 Å². The van der Waals surface area contributed by atoms with Gasteiger partial charge in [-0.25, -0.2) is 4.98 Å². The van der Waals surface area contributed by atoms with Gasteiger partial charge in [0.15, 0.2) is 0 Å². The zero-order chi connectivity index (χ0) is 18.4. The number of hydrogen-bond acceptors (Lipinski definition) is 6. The molecule has 1 fully saturated rings. The quantitative estimate of drug-likeness (QED) is 0.702. The van der Waals surface area contributed by atoms with Crippen LogP contribution in [0.5, 0.6) is 0 Å². The first-order valence-corrected chi connectivity index (χ1v) is 9.03. The first-order chi connectivity index (χ1) is 12.6. The maximum Gasteiger partial charge on any atom is 0.251 e. The molecule has 0 bridgehead atoms. The van der Waals surface area contributed by atoms with E-state index in [1.165, 1.54) is 19.0 Å². The van der Waals surface area contributed by atoms with Crippen LogP contribution < -0.4 is 16.4 Å². The number of carbonyl (C=O) groups is 1. The van der Waals surface area contributed by atoms with E-state index in [1.54, 1.807) is 6.20 Å². The first kappa shape index (κ1) is 18.1. The van der Waals surface area contributed by atoms with E-state index in [0.29, 0.717) is 24.5 Å². The standard InChI is InChI=1S/C19H26N6O/c1-14-4-5-15(19(26)21-6-9-25-7-2-3-8-25)10-17(14)23-11-16-12-24-18(20)13-22-16/h4-5,10,12-13,23H,2-3,6-9,11H2,1H3,(H2,20,24)(H,21,26). The molecule has 1 saturated heterocycles. The van der Waals surface area contributed by atoms with Crippen LogP contribution in [0, 0.1) is 6.92 Å². The molecule has 0 saturated carbocycles. The second-order valence-electron chi connectivity index (χ2n) is 6.62. The van der Waals surface area contributed by atoms with Crippen molar-refractivity contribution in [3.63, 3.8) is 0 Å². The summed E-state index contributed by atoms with van der Waals surface area (Å²) in [7, 11) is 0. The minimum Gasteiger partial charge on any atom is -0.382 e. The zero-order valence-corrected chi connectivity index (χ0v) is 15.2. The molecule has 0 radical (unpaired) electrons. The van der Waals surface area contributed by atoms with Crippen LogP contribution in [0.2, 0.25) is 0 Å². The van der Waals surface area contributed by atoms with Crippen molar-refractivity contribution >= 4 is 17.4 Å². The van der Waals surface area contributed by atoms with Gasteiger partial charge in [-0.15, -0.1) is 0 Å². The SMILES string of the molecule is Cc1ccc(C(=O)NCCN2CCCC2)cc1NCc1cnc(N)cn1. The number of aromatic nitrogens is 2. The summed E-state index contributed by atoms with van der Waals surface area (Å²) in [4.78, 5) is 23.0. The molecular formula is C19H26N6O. The summed E-state index contributed by atoms with van der Waals surface area (Å²) in [5, 5.41) is 6.32. The molecule has 0 spiro atoms. The van der Waals surface area contributed by atoms with Gasteiger partial charge in [-0.05, 0) is 50.6 Å². The molecule has 1 aromatic heterocycles. The van der Waals surface area contributed by atoms with E-state index >= 15 is 0 Å². The summed E-state index contributed by atoms with van der Waals surface area (Å²) in [6.07, 6.45) is 5.71. The zero-order valence-electron chi connectivity index (χ0n) is 15.2. The van der Waals surface area contributed by atoms with Crippen LogP contribution in [-0.2, 0) is 6.54 Å². The van der Waals surface area contributed by atoms with Gasteiger partial charge in [-0.2, -0.15) is 0 Å². The van der Waals surface area contributed by atoms with Crippen molar-refractivity contribution in [1.29, 1.82) is 0 Å². The molecule has 4 N–H and O–H groups in total. The molecule has 0 aliphatic carbocycles. The Morgan fingerprint density at radius 1 is 1.23 bits per heavy atom. The Hall–Kier alpha value is -2.67. The lowest BCUT2D eigenvalue weighted by Crippen LogP contribution is -2.33. The van der Waals surface area contributed by atoms with Gasteiger partial charge in [0.05, 0.1) is 24.6 Å². The molecule has 0 atom stereocenters. The molecule has 138 valence electrons. The molecule has 26 heavy (non-hydrogen) atoms. The topological polar surface area (TPSA) is 96.2 Å². The molecule has 7 nitrogen and oxygen atoms in total. The van der Waals surface area contributed by atoms with Gasteiger partial charge in [-0.3, -0.25) is 9.78 Å². The van der Waals surface area contributed by atoms with Crippen molar-refractivity contribution in [1.82, 2.24) is 20.2 Å². The smallest absolute Gasteiger partial charge is 0.251 e. The number of anilines is 2. The minimum atomic E-state index is -0.0421. The Labute approximate surface area is 154 Å². The maximum atomic E-state index is 12.4. The number of hydrogen-bond donors (Lipinski definition) is 3. The number of nitrogens with one attached hydrogen (secondary N) is 2. The lowest BCUT2D eigenvalue weighted by molar-refractivity contribution is 0.0950. The average Bonchev–Trinajstić information content (AvgIpc) is 3.16. The third-order valence-electron chi connectivity index (χ3n) is 4.60. The van der Waals surface area contributed by atoms with Gasteiger partial charge in [0.2, 0.25) is 0 Å². The van der Waals surface area contributed by atoms with Crippen LogP contribution in [0.3, 0.4) is 0 Å². The Balaban J connectivity index is 1.55. The Morgan fingerprint density at radius 3 is 2.77 bits per heavy atom. The second kappa shape index (κ2) is 8.62. The highest BCUT2D eigenvalue weighted by Crippen LogP contribution is 2.18. The van der Waals surface area contributed by atoms with Crippen molar-refractivity contribution in [2.45, 2.75) is 26.3 Å². The lowest BCUT2D eigenvalue weighted by atomic mass is 10.1. The van der Waals surface area contributed by atoms with Crippen molar-refractivity contribution in [2.24, 2.45) is 0 Å². The predicted molar refractivity (Wildman–Crippen MR) is 103 cm³/mol. The summed E-state index contributed by atoms with van der Waals surface area (Å²) in [5.74, 6) is 0.358. The summed E-state index contributed by atoms with van der Waals surface area (Å²) < 4.78 is 0. The average molecular weight is 354 g/mol. The van der Waals surface area contributed by atoms with E-state index < -0.39 is 0 Å². The normalized spacial score (nSPS) is 14.3. The van der Waals surface area contributed by atoms with Crippen molar-refractivity contribution in [3.8, 4) is 0 Å². The highest BCUT2D eigenvalue weighted by molar-refractivity contribution is 5.95. The third kappa shape index (κ3) is 4.92. The number of benzene rings is 1. The molecular weight excluding hydrogens is 328 g/mol. The van der Waals surface area contributed by atoms with Gasteiger partial charge >= 0.3 is 0 Å². The summed E-state index contributed by atoms with van der Waals surface area (Å²) in [6.45, 7) is 6.40. The molecule has 1 amide bonds. The number of rotatable bonds is 7. The van der Waals surface area contributed by atoms with E-state index in [2.05, 4.69) is 25.5 Å². The highest BCUT2D eigenvalue weighted by atomic mass is 16.1. The highest BCUT2D eigenvalue weighted by Gasteiger charge is 2.12. The monoisotopic (exact) mass is 354 g/mol. The number of likely N-dealkylation sites (tertiary alicyclic amines) is 1. The fraction of sp³-hybridized carbons (Fsp3) is 0.421.